The Labute approximate surface area is 139 Å². The third-order valence-corrected chi connectivity index (χ3v) is 4.80. The Morgan fingerprint density at radius 2 is 1.86 bits per heavy atom. The number of carboxylic acids is 1. The second-order valence-electron chi connectivity index (χ2n) is 5.39. The highest BCUT2D eigenvalue weighted by atomic mass is 32.2. The van der Waals surface area contributed by atoms with Gasteiger partial charge in [-0.05, 0) is 30.0 Å². The first-order valence-corrected chi connectivity index (χ1v) is 8.13. The Kier molecular flexibility index (Phi) is 5.03. The smallest absolute Gasteiger partial charge is 0.326 e. The van der Waals surface area contributed by atoms with E-state index >= 15 is 0 Å². The zero-order chi connectivity index (χ0) is 16.4. The maximum absolute atomic E-state index is 12.3. The molecule has 1 N–H and O–H groups in total. The van der Waals surface area contributed by atoms with Gasteiger partial charge in [-0.1, -0.05) is 62.1 Å². The Morgan fingerprint density at radius 1 is 1.27 bits per heavy atom. The molecule has 1 amide bonds. The number of carbonyl (C=O) groups excluding carboxylic acids is 1. The quantitative estimate of drug-likeness (QED) is 0.674. The molecule has 2 rings (SSSR count). The van der Waals surface area contributed by atoms with E-state index in [1.54, 1.807) is 6.08 Å². The highest BCUT2D eigenvalue weighted by Crippen LogP contribution is 2.34. The van der Waals surface area contributed by atoms with Crippen molar-refractivity contribution in [2.45, 2.75) is 32.7 Å². The van der Waals surface area contributed by atoms with Crippen molar-refractivity contribution in [3.8, 4) is 0 Å². The van der Waals surface area contributed by atoms with Gasteiger partial charge in [-0.3, -0.25) is 9.69 Å². The molecule has 0 aromatic heterocycles. The normalized spacial score (nSPS) is 18.4. The second kappa shape index (κ2) is 6.62. The lowest BCUT2D eigenvalue weighted by molar-refractivity contribution is -0.144. The average Bonchev–Trinajstić information content (AvgIpc) is 2.73. The fourth-order valence-corrected chi connectivity index (χ4v) is 3.47. The Bertz CT molecular complexity index is 650. The predicted octanol–water partition coefficient (Wildman–Crippen LogP) is 3.48. The topological polar surface area (TPSA) is 57.6 Å². The van der Waals surface area contributed by atoms with Gasteiger partial charge in [0, 0.05) is 0 Å². The predicted molar refractivity (Wildman–Crippen MR) is 92.6 cm³/mol. The van der Waals surface area contributed by atoms with E-state index in [9.17, 15) is 9.59 Å². The van der Waals surface area contributed by atoms with Gasteiger partial charge in [-0.2, -0.15) is 0 Å². The summed E-state index contributed by atoms with van der Waals surface area (Å²) in [5.74, 6) is -0.972. The average molecular weight is 335 g/mol. The SMILES string of the molecule is CC(C)c1ccc(/C=C2/SC(=S)N([C@H](C)C(=O)O)C2=O)cc1. The van der Waals surface area contributed by atoms with Gasteiger partial charge < -0.3 is 5.11 Å². The van der Waals surface area contributed by atoms with E-state index in [1.807, 2.05) is 24.3 Å². The lowest BCUT2D eigenvalue weighted by Gasteiger charge is -2.18. The van der Waals surface area contributed by atoms with Crippen molar-refractivity contribution in [2.75, 3.05) is 0 Å². The van der Waals surface area contributed by atoms with E-state index in [4.69, 9.17) is 17.3 Å². The molecule has 0 bridgehead atoms. The van der Waals surface area contributed by atoms with Crippen LogP contribution in [0.3, 0.4) is 0 Å². The minimum absolute atomic E-state index is 0.282. The van der Waals surface area contributed by atoms with Gasteiger partial charge in [0.15, 0.2) is 0 Å². The van der Waals surface area contributed by atoms with Crippen LogP contribution in [0, 0.1) is 0 Å². The monoisotopic (exact) mass is 335 g/mol. The molecule has 1 aliphatic rings. The maximum Gasteiger partial charge on any atom is 0.326 e. The third kappa shape index (κ3) is 3.39. The summed E-state index contributed by atoms with van der Waals surface area (Å²) in [6.07, 6.45) is 1.75. The van der Waals surface area contributed by atoms with Gasteiger partial charge in [-0.25, -0.2) is 4.79 Å². The van der Waals surface area contributed by atoms with Gasteiger partial charge in [-0.15, -0.1) is 0 Å². The van der Waals surface area contributed by atoms with Crippen LogP contribution in [0.2, 0.25) is 0 Å². The highest BCUT2D eigenvalue weighted by molar-refractivity contribution is 8.26. The Balaban J connectivity index is 2.24. The third-order valence-electron chi connectivity index (χ3n) is 3.47. The van der Waals surface area contributed by atoms with E-state index in [-0.39, 0.29) is 10.2 Å². The molecule has 0 aliphatic carbocycles. The summed E-state index contributed by atoms with van der Waals surface area (Å²) < 4.78 is 0.282. The van der Waals surface area contributed by atoms with Crippen molar-refractivity contribution in [2.24, 2.45) is 0 Å². The van der Waals surface area contributed by atoms with E-state index in [0.717, 1.165) is 22.2 Å². The van der Waals surface area contributed by atoms with Crippen molar-refractivity contribution in [3.63, 3.8) is 0 Å². The summed E-state index contributed by atoms with van der Waals surface area (Å²) in [6, 6.07) is 6.99. The van der Waals surface area contributed by atoms with Crippen LogP contribution < -0.4 is 0 Å². The zero-order valence-electron chi connectivity index (χ0n) is 12.6. The lowest BCUT2D eigenvalue weighted by atomic mass is 10.0. The number of carboxylic acid groups (broad SMARTS) is 1. The Morgan fingerprint density at radius 3 is 2.36 bits per heavy atom. The summed E-state index contributed by atoms with van der Waals surface area (Å²) in [6.45, 7) is 5.69. The molecule has 22 heavy (non-hydrogen) atoms. The van der Waals surface area contributed by atoms with Gasteiger partial charge in [0.05, 0.1) is 4.91 Å². The Hall–Kier alpha value is -1.66. The fourth-order valence-electron chi connectivity index (χ4n) is 2.05. The number of benzene rings is 1. The molecular weight excluding hydrogens is 318 g/mol. The summed E-state index contributed by atoms with van der Waals surface area (Å²) in [5.41, 5.74) is 2.12. The molecule has 1 saturated heterocycles. The van der Waals surface area contributed by atoms with Crippen molar-refractivity contribution < 1.29 is 14.7 Å². The summed E-state index contributed by atoms with van der Waals surface area (Å²) >= 11 is 6.26. The summed E-state index contributed by atoms with van der Waals surface area (Å²) in [5, 5.41) is 9.05. The van der Waals surface area contributed by atoms with Gasteiger partial charge in [0.25, 0.3) is 5.91 Å². The molecule has 0 spiro atoms. The summed E-state index contributed by atoms with van der Waals surface area (Å²) in [4.78, 5) is 25.0. The number of hydrogen-bond acceptors (Lipinski definition) is 4. The zero-order valence-corrected chi connectivity index (χ0v) is 14.2. The van der Waals surface area contributed by atoms with E-state index < -0.39 is 12.0 Å². The van der Waals surface area contributed by atoms with Crippen LogP contribution in [0.5, 0.6) is 0 Å². The molecule has 4 nitrogen and oxygen atoms in total. The molecule has 116 valence electrons. The number of hydrogen-bond donors (Lipinski definition) is 1. The van der Waals surface area contributed by atoms with Gasteiger partial charge >= 0.3 is 5.97 Å². The van der Waals surface area contributed by atoms with Crippen molar-refractivity contribution in [3.05, 3.63) is 40.3 Å². The van der Waals surface area contributed by atoms with Crippen LogP contribution in [-0.2, 0) is 9.59 Å². The number of amides is 1. The number of carbonyl (C=O) groups is 2. The molecule has 0 unspecified atom stereocenters. The van der Waals surface area contributed by atoms with Crippen LogP contribution >= 0.6 is 24.0 Å². The van der Waals surface area contributed by atoms with Gasteiger partial charge in [0.1, 0.15) is 10.4 Å². The minimum Gasteiger partial charge on any atom is -0.480 e. The molecule has 1 aliphatic heterocycles. The molecule has 1 aromatic carbocycles. The first kappa shape index (κ1) is 16.7. The fraction of sp³-hybridized carbons (Fsp3) is 0.312. The van der Waals surface area contributed by atoms with Crippen LogP contribution in [-0.4, -0.2) is 32.2 Å². The van der Waals surface area contributed by atoms with Crippen molar-refractivity contribution in [1.29, 1.82) is 0 Å². The largest absolute Gasteiger partial charge is 0.480 e. The number of nitrogens with zero attached hydrogens (tertiary/aromatic N) is 1. The number of thiocarbonyl (C=S) groups is 1. The first-order chi connectivity index (χ1) is 10.3. The van der Waals surface area contributed by atoms with E-state index in [0.29, 0.717) is 10.8 Å². The number of aliphatic carboxylic acids is 1. The molecular formula is C16H17NO3S2. The standard InChI is InChI=1S/C16H17NO3S2/c1-9(2)12-6-4-11(5-7-12)8-13-14(18)17(16(21)22-13)10(3)15(19)20/h4-10H,1-3H3,(H,19,20)/b13-8+/t10-/m1/s1. The second-order valence-corrected chi connectivity index (χ2v) is 7.06. The lowest BCUT2D eigenvalue weighted by Crippen LogP contribution is -2.41. The molecule has 0 radical (unpaired) electrons. The van der Waals surface area contributed by atoms with Gasteiger partial charge in [0.2, 0.25) is 0 Å². The number of rotatable bonds is 4. The minimum atomic E-state index is -1.07. The van der Waals surface area contributed by atoms with Crippen LogP contribution in [0.1, 0.15) is 37.8 Å². The van der Waals surface area contributed by atoms with E-state index in [1.165, 1.54) is 12.5 Å². The maximum atomic E-state index is 12.3. The van der Waals surface area contributed by atoms with Crippen LogP contribution in [0.4, 0.5) is 0 Å². The van der Waals surface area contributed by atoms with Crippen molar-refractivity contribution in [1.82, 2.24) is 4.90 Å². The molecule has 0 saturated carbocycles. The molecule has 1 aromatic rings. The van der Waals surface area contributed by atoms with Crippen LogP contribution in [0.25, 0.3) is 6.08 Å². The van der Waals surface area contributed by atoms with Crippen LogP contribution in [0.15, 0.2) is 29.2 Å². The summed E-state index contributed by atoms with van der Waals surface area (Å²) in [7, 11) is 0. The molecule has 1 heterocycles. The number of thioether (sulfide) groups is 1. The highest BCUT2D eigenvalue weighted by Gasteiger charge is 2.38. The molecule has 1 fully saturated rings. The van der Waals surface area contributed by atoms with E-state index in [2.05, 4.69) is 13.8 Å². The molecule has 1 atom stereocenters. The van der Waals surface area contributed by atoms with Crippen molar-refractivity contribution >= 4 is 46.3 Å². The first-order valence-electron chi connectivity index (χ1n) is 6.91. The molecule has 6 heteroatoms.